The molecule has 1 aromatic rings. The smallest absolute Gasteiger partial charge is 0.00670 e. The van der Waals surface area contributed by atoms with Gasteiger partial charge in [-0.05, 0) is 68.7 Å². The first kappa shape index (κ1) is 17.4. The largest absolute Gasteiger partial charge is 0.330 e. The molecular formula is C22H32N2. The van der Waals surface area contributed by atoms with Crippen LogP contribution < -0.4 is 11.1 Å². The Bertz CT molecular complexity index is 564. The minimum absolute atomic E-state index is 0.571. The fourth-order valence-electron chi connectivity index (χ4n) is 4.12. The monoisotopic (exact) mass is 324 g/mol. The molecule has 0 amide bonds. The summed E-state index contributed by atoms with van der Waals surface area (Å²) in [7, 11) is 0. The Morgan fingerprint density at radius 3 is 2.62 bits per heavy atom. The second kappa shape index (κ2) is 8.64. The van der Waals surface area contributed by atoms with Gasteiger partial charge in [0, 0.05) is 6.04 Å². The molecule has 2 heteroatoms. The van der Waals surface area contributed by atoms with Crippen molar-refractivity contribution in [2.45, 2.75) is 51.5 Å². The lowest BCUT2D eigenvalue weighted by atomic mass is 9.80. The Morgan fingerprint density at radius 2 is 1.92 bits per heavy atom. The molecule has 0 heterocycles. The number of nitrogens with one attached hydrogen (secondary N) is 1. The van der Waals surface area contributed by atoms with Crippen LogP contribution in [0.4, 0.5) is 0 Å². The molecule has 1 aromatic carbocycles. The zero-order valence-corrected chi connectivity index (χ0v) is 15.0. The van der Waals surface area contributed by atoms with E-state index in [0.717, 1.165) is 25.6 Å². The van der Waals surface area contributed by atoms with Crippen LogP contribution in [-0.2, 0) is 0 Å². The third kappa shape index (κ3) is 4.58. The number of benzene rings is 1. The van der Waals surface area contributed by atoms with Crippen LogP contribution in [0.1, 0.15) is 49.7 Å². The Labute approximate surface area is 147 Å². The number of allylic oxidation sites excluding steroid dienone is 4. The van der Waals surface area contributed by atoms with Crippen molar-refractivity contribution in [3.8, 4) is 0 Å². The van der Waals surface area contributed by atoms with Crippen molar-refractivity contribution in [2.75, 3.05) is 13.1 Å². The molecule has 3 rings (SSSR count). The van der Waals surface area contributed by atoms with Crippen molar-refractivity contribution in [2.24, 2.45) is 17.6 Å². The van der Waals surface area contributed by atoms with E-state index in [1.54, 1.807) is 0 Å². The van der Waals surface area contributed by atoms with Gasteiger partial charge in [0.2, 0.25) is 0 Å². The molecule has 1 fully saturated rings. The van der Waals surface area contributed by atoms with E-state index < -0.39 is 0 Å². The minimum Gasteiger partial charge on any atom is -0.330 e. The molecule has 0 aromatic heterocycles. The lowest BCUT2D eigenvalue weighted by molar-refractivity contribution is 0.362. The summed E-state index contributed by atoms with van der Waals surface area (Å²) in [4.78, 5) is 0. The molecule has 2 nitrogen and oxygen atoms in total. The van der Waals surface area contributed by atoms with Gasteiger partial charge in [-0.3, -0.25) is 0 Å². The van der Waals surface area contributed by atoms with Crippen LogP contribution in [0.3, 0.4) is 0 Å². The summed E-state index contributed by atoms with van der Waals surface area (Å²) in [6.45, 7) is 4.03. The maximum absolute atomic E-state index is 6.12. The highest BCUT2D eigenvalue weighted by Crippen LogP contribution is 2.32. The highest BCUT2D eigenvalue weighted by Gasteiger charge is 2.22. The van der Waals surface area contributed by atoms with Gasteiger partial charge in [-0.25, -0.2) is 0 Å². The van der Waals surface area contributed by atoms with Crippen molar-refractivity contribution in [3.05, 3.63) is 53.6 Å². The van der Waals surface area contributed by atoms with Crippen LogP contribution in [-0.4, -0.2) is 19.1 Å². The molecule has 0 aliphatic heterocycles. The first-order valence-corrected chi connectivity index (χ1v) is 9.64. The summed E-state index contributed by atoms with van der Waals surface area (Å²) in [6, 6.07) is 9.66. The Balaban J connectivity index is 1.54. The summed E-state index contributed by atoms with van der Waals surface area (Å²) in [5, 5.41) is 3.74. The van der Waals surface area contributed by atoms with Crippen molar-refractivity contribution in [1.29, 1.82) is 0 Å². The van der Waals surface area contributed by atoms with E-state index in [1.807, 2.05) is 0 Å². The van der Waals surface area contributed by atoms with Gasteiger partial charge in [0.1, 0.15) is 0 Å². The maximum atomic E-state index is 6.12. The second-order valence-electron chi connectivity index (χ2n) is 7.53. The number of hydrogen-bond donors (Lipinski definition) is 2. The first-order chi connectivity index (χ1) is 11.8. The van der Waals surface area contributed by atoms with Gasteiger partial charge in [-0.2, -0.15) is 0 Å². The summed E-state index contributed by atoms with van der Waals surface area (Å²) in [6.07, 6.45) is 14.7. The van der Waals surface area contributed by atoms with Crippen molar-refractivity contribution in [1.82, 2.24) is 5.32 Å². The van der Waals surface area contributed by atoms with Gasteiger partial charge in [-0.1, -0.05) is 60.9 Å². The van der Waals surface area contributed by atoms with Gasteiger partial charge < -0.3 is 11.1 Å². The molecule has 2 atom stereocenters. The quantitative estimate of drug-likeness (QED) is 0.777. The molecule has 1 saturated carbocycles. The topological polar surface area (TPSA) is 38.0 Å². The van der Waals surface area contributed by atoms with Crippen LogP contribution >= 0.6 is 0 Å². The predicted octanol–water partition coefficient (Wildman–Crippen LogP) is 4.45. The van der Waals surface area contributed by atoms with Crippen molar-refractivity contribution < 1.29 is 0 Å². The zero-order chi connectivity index (χ0) is 16.8. The van der Waals surface area contributed by atoms with E-state index in [9.17, 15) is 0 Å². The van der Waals surface area contributed by atoms with E-state index in [1.165, 1.54) is 48.8 Å². The number of nitrogens with two attached hydrogens (primary N) is 1. The molecule has 0 saturated heterocycles. The van der Waals surface area contributed by atoms with Crippen LogP contribution in [0.5, 0.6) is 0 Å². The molecule has 0 bridgehead atoms. The Morgan fingerprint density at radius 1 is 1.17 bits per heavy atom. The number of rotatable bonds is 7. The van der Waals surface area contributed by atoms with Gasteiger partial charge in [-0.15, -0.1) is 0 Å². The van der Waals surface area contributed by atoms with Gasteiger partial charge in [0.15, 0.2) is 0 Å². The fraction of sp³-hybridized carbons (Fsp3) is 0.545. The van der Waals surface area contributed by atoms with Crippen molar-refractivity contribution >= 4 is 5.57 Å². The van der Waals surface area contributed by atoms with Crippen LogP contribution in [0, 0.1) is 18.8 Å². The molecule has 2 aliphatic carbocycles. The average Bonchev–Trinajstić information content (AvgIpc) is 3.13. The molecule has 0 spiro atoms. The lowest BCUT2D eigenvalue weighted by Gasteiger charge is -2.27. The summed E-state index contributed by atoms with van der Waals surface area (Å²) in [5.74, 6) is 1.14. The van der Waals surface area contributed by atoms with Gasteiger partial charge in [0.05, 0.1) is 0 Å². The molecule has 3 N–H and O–H groups in total. The molecular weight excluding hydrogens is 292 g/mol. The van der Waals surface area contributed by atoms with E-state index in [2.05, 4.69) is 54.7 Å². The van der Waals surface area contributed by atoms with E-state index in [-0.39, 0.29) is 0 Å². The van der Waals surface area contributed by atoms with Crippen LogP contribution in [0.25, 0.3) is 5.57 Å². The Kier molecular flexibility index (Phi) is 6.28. The molecule has 2 aliphatic rings. The standard InChI is InChI=1S/C22H32N2/c1-17-9-11-18(12-10-17)19-5-4-6-20(15-19)21(16-23)13-14-24-22-7-2-3-8-22/h4-6,9-12,20-22,24H,2-3,7-8,13-16,23H2,1H3. The SMILES string of the molecule is Cc1ccc(C2=CC=CC(C(CN)CCNC3CCCC3)C2)cc1. The van der Waals surface area contributed by atoms with Gasteiger partial charge in [0.25, 0.3) is 0 Å². The molecule has 0 radical (unpaired) electrons. The van der Waals surface area contributed by atoms with Crippen LogP contribution in [0.2, 0.25) is 0 Å². The number of aryl methyl sites for hydroxylation is 1. The predicted molar refractivity (Wildman–Crippen MR) is 104 cm³/mol. The normalized spacial score (nSPS) is 22.6. The number of hydrogen-bond acceptors (Lipinski definition) is 2. The summed E-state index contributed by atoms with van der Waals surface area (Å²) < 4.78 is 0. The fourth-order valence-corrected chi connectivity index (χ4v) is 4.12. The Hall–Kier alpha value is -1.38. The highest BCUT2D eigenvalue weighted by atomic mass is 14.9. The third-order valence-electron chi connectivity index (χ3n) is 5.75. The summed E-state index contributed by atoms with van der Waals surface area (Å²) in [5.41, 5.74) is 10.2. The highest BCUT2D eigenvalue weighted by molar-refractivity contribution is 5.68. The third-order valence-corrected chi connectivity index (χ3v) is 5.75. The zero-order valence-electron chi connectivity index (χ0n) is 15.0. The molecule has 2 unspecified atom stereocenters. The van der Waals surface area contributed by atoms with Crippen LogP contribution in [0.15, 0.2) is 42.5 Å². The second-order valence-corrected chi connectivity index (χ2v) is 7.53. The molecule has 130 valence electrons. The van der Waals surface area contributed by atoms with Crippen molar-refractivity contribution in [3.63, 3.8) is 0 Å². The first-order valence-electron chi connectivity index (χ1n) is 9.64. The lowest BCUT2D eigenvalue weighted by Crippen LogP contribution is -2.32. The van der Waals surface area contributed by atoms with Gasteiger partial charge >= 0.3 is 0 Å². The maximum Gasteiger partial charge on any atom is 0.00670 e. The van der Waals surface area contributed by atoms with E-state index in [4.69, 9.17) is 5.73 Å². The summed E-state index contributed by atoms with van der Waals surface area (Å²) >= 11 is 0. The van der Waals surface area contributed by atoms with E-state index >= 15 is 0 Å². The minimum atomic E-state index is 0.571. The molecule has 24 heavy (non-hydrogen) atoms. The van der Waals surface area contributed by atoms with E-state index in [0.29, 0.717) is 11.8 Å². The average molecular weight is 325 g/mol.